The first kappa shape index (κ1) is 16.8. The molecule has 0 N–H and O–H groups in total. The second kappa shape index (κ2) is 8.19. The van der Waals surface area contributed by atoms with Gasteiger partial charge in [-0.1, -0.05) is 13.8 Å². The average molecular weight is 318 g/mol. The summed E-state index contributed by atoms with van der Waals surface area (Å²) < 4.78 is 31.1. The Morgan fingerprint density at radius 3 is 1.64 bits per heavy atom. The molecule has 22 heavy (non-hydrogen) atoms. The van der Waals surface area contributed by atoms with E-state index in [2.05, 4.69) is 0 Å². The van der Waals surface area contributed by atoms with Crippen LogP contribution in [0.4, 0.5) is 9.59 Å². The topological polar surface area (TPSA) is 89.5 Å². The van der Waals surface area contributed by atoms with Gasteiger partial charge in [0.15, 0.2) is 12.2 Å². The van der Waals surface area contributed by atoms with E-state index in [0.29, 0.717) is 26.1 Å². The van der Waals surface area contributed by atoms with Crippen molar-refractivity contribution in [2.24, 2.45) is 0 Å². The zero-order valence-corrected chi connectivity index (χ0v) is 12.8. The molecule has 0 aliphatic carbocycles. The lowest BCUT2D eigenvalue weighted by molar-refractivity contribution is -0.0418. The zero-order chi connectivity index (χ0) is 15.9. The van der Waals surface area contributed by atoms with Crippen molar-refractivity contribution in [3.8, 4) is 0 Å². The van der Waals surface area contributed by atoms with E-state index in [1.165, 1.54) is 0 Å². The number of carbonyl (C=O) groups is 2. The normalized spacial score (nSPS) is 29.7. The molecule has 4 unspecified atom stereocenters. The standard InChI is InChI=1S/C14H22O8/c1-3-5-17-13(15)21-9-7-19-12-10(8-20-11(9)12)22-14(16)18-6-4-2/h9-12H,3-8H2,1-2H3. The predicted octanol–water partition coefficient (Wildman–Crippen LogP) is 1.65. The molecule has 2 saturated heterocycles. The molecule has 0 bridgehead atoms. The Bertz CT molecular complexity index is 349. The fourth-order valence-corrected chi connectivity index (χ4v) is 2.32. The number of fused-ring (bicyclic) bond motifs is 1. The van der Waals surface area contributed by atoms with Gasteiger partial charge >= 0.3 is 12.3 Å². The molecule has 4 atom stereocenters. The smallest absolute Gasteiger partial charge is 0.434 e. The summed E-state index contributed by atoms with van der Waals surface area (Å²) in [6.45, 7) is 4.75. The molecular weight excluding hydrogens is 296 g/mol. The molecule has 0 saturated carbocycles. The van der Waals surface area contributed by atoms with Crippen molar-refractivity contribution < 1.29 is 38.0 Å². The third-order valence-electron chi connectivity index (χ3n) is 3.31. The van der Waals surface area contributed by atoms with Crippen LogP contribution in [0.15, 0.2) is 0 Å². The number of carbonyl (C=O) groups excluding carboxylic acids is 2. The van der Waals surface area contributed by atoms with Crippen LogP contribution in [0.1, 0.15) is 26.7 Å². The van der Waals surface area contributed by atoms with E-state index < -0.39 is 36.7 Å². The van der Waals surface area contributed by atoms with Crippen molar-refractivity contribution in [3.63, 3.8) is 0 Å². The molecular formula is C14H22O8. The molecule has 126 valence electrons. The summed E-state index contributed by atoms with van der Waals surface area (Å²) in [5.74, 6) is 0. The minimum Gasteiger partial charge on any atom is -0.434 e. The van der Waals surface area contributed by atoms with Gasteiger partial charge in [0.25, 0.3) is 0 Å². The summed E-state index contributed by atoms with van der Waals surface area (Å²) in [6, 6.07) is 0. The van der Waals surface area contributed by atoms with Crippen LogP contribution >= 0.6 is 0 Å². The van der Waals surface area contributed by atoms with Crippen molar-refractivity contribution in [2.75, 3.05) is 26.4 Å². The highest BCUT2D eigenvalue weighted by Crippen LogP contribution is 2.30. The maximum atomic E-state index is 11.5. The zero-order valence-electron chi connectivity index (χ0n) is 12.8. The maximum absolute atomic E-state index is 11.5. The molecule has 0 spiro atoms. The van der Waals surface area contributed by atoms with Gasteiger partial charge in [0.2, 0.25) is 0 Å². The molecule has 2 fully saturated rings. The fourth-order valence-electron chi connectivity index (χ4n) is 2.32. The Morgan fingerprint density at radius 1 is 0.864 bits per heavy atom. The van der Waals surface area contributed by atoms with Gasteiger partial charge in [-0.05, 0) is 12.8 Å². The Morgan fingerprint density at radius 2 is 1.27 bits per heavy atom. The molecule has 8 heteroatoms. The molecule has 0 radical (unpaired) electrons. The lowest BCUT2D eigenvalue weighted by atomic mass is 10.1. The third kappa shape index (κ3) is 4.23. The van der Waals surface area contributed by atoms with Crippen LogP contribution in [0.25, 0.3) is 0 Å². The van der Waals surface area contributed by atoms with E-state index in [1.807, 2.05) is 13.8 Å². The van der Waals surface area contributed by atoms with Crippen molar-refractivity contribution in [2.45, 2.75) is 51.1 Å². The minimum atomic E-state index is -0.744. The van der Waals surface area contributed by atoms with Gasteiger partial charge in [-0.3, -0.25) is 0 Å². The quantitative estimate of drug-likeness (QED) is 0.683. The second-order valence-corrected chi connectivity index (χ2v) is 5.11. The Kier molecular flexibility index (Phi) is 6.26. The Hall–Kier alpha value is -1.54. The van der Waals surface area contributed by atoms with Crippen LogP contribution in [0.2, 0.25) is 0 Å². The molecule has 0 aromatic rings. The fraction of sp³-hybridized carbons (Fsp3) is 0.857. The molecule has 0 aromatic carbocycles. The number of hydrogen-bond donors (Lipinski definition) is 0. The van der Waals surface area contributed by atoms with Gasteiger partial charge in [-0.25, -0.2) is 9.59 Å². The van der Waals surface area contributed by atoms with Crippen LogP contribution in [0.3, 0.4) is 0 Å². The summed E-state index contributed by atoms with van der Waals surface area (Å²) in [4.78, 5) is 22.9. The molecule has 2 rings (SSSR count). The van der Waals surface area contributed by atoms with Crippen molar-refractivity contribution in [1.82, 2.24) is 0 Å². The Labute approximate surface area is 128 Å². The van der Waals surface area contributed by atoms with E-state index >= 15 is 0 Å². The van der Waals surface area contributed by atoms with Gasteiger partial charge in [-0.2, -0.15) is 0 Å². The third-order valence-corrected chi connectivity index (χ3v) is 3.31. The minimum absolute atomic E-state index is 0.181. The molecule has 0 amide bonds. The molecule has 2 heterocycles. The largest absolute Gasteiger partial charge is 0.508 e. The summed E-state index contributed by atoms with van der Waals surface area (Å²) in [7, 11) is 0. The van der Waals surface area contributed by atoms with Gasteiger partial charge < -0.3 is 28.4 Å². The predicted molar refractivity (Wildman–Crippen MR) is 72.5 cm³/mol. The first-order chi connectivity index (χ1) is 10.7. The highest BCUT2D eigenvalue weighted by atomic mass is 16.8. The summed E-state index contributed by atoms with van der Waals surface area (Å²) in [5.41, 5.74) is 0. The van der Waals surface area contributed by atoms with E-state index in [4.69, 9.17) is 28.4 Å². The van der Waals surface area contributed by atoms with E-state index in [-0.39, 0.29) is 13.2 Å². The first-order valence-corrected chi connectivity index (χ1v) is 7.55. The van der Waals surface area contributed by atoms with Gasteiger partial charge in [0.1, 0.15) is 12.2 Å². The Balaban J connectivity index is 1.78. The van der Waals surface area contributed by atoms with E-state index in [1.54, 1.807) is 0 Å². The average Bonchev–Trinajstić information content (AvgIpc) is 3.07. The highest BCUT2D eigenvalue weighted by Gasteiger charge is 2.51. The van der Waals surface area contributed by atoms with Crippen LogP contribution in [-0.2, 0) is 28.4 Å². The lowest BCUT2D eigenvalue weighted by Gasteiger charge is -2.16. The van der Waals surface area contributed by atoms with E-state index in [9.17, 15) is 9.59 Å². The molecule has 8 nitrogen and oxygen atoms in total. The number of hydrogen-bond acceptors (Lipinski definition) is 8. The first-order valence-electron chi connectivity index (χ1n) is 7.55. The molecule has 2 aliphatic rings. The van der Waals surface area contributed by atoms with Crippen LogP contribution < -0.4 is 0 Å². The molecule has 2 aliphatic heterocycles. The van der Waals surface area contributed by atoms with Gasteiger partial charge in [0.05, 0.1) is 26.4 Å². The second-order valence-electron chi connectivity index (χ2n) is 5.11. The summed E-state index contributed by atoms with van der Waals surface area (Å²) in [6.07, 6.45) is -2.10. The van der Waals surface area contributed by atoms with Crippen LogP contribution in [0, 0.1) is 0 Å². The van der Waals surface area contributed by atoms with Gasteiger partial charge in [0, 0.05) is 0 Å². The van der Waals surface area contributed by atoms with Crippen molar-refractivity contribution in [3.05, 3.63) is 0 Å². The number of rotatable bonds is 6. The highest BCUT2D eigenvalue weighted by molar-refractivity contribution is 5.60. The number of ether oxygens (including phenoxy) is 6. The SMILES string of the molecule is CCCOC(=O)OC1COC2C(OC(=O)OCCC)COC12. The van der Waals surface area contributed by atoms with E-state index in [0.717, 1.165) is 0 Å². The summed E-state index contributed by atoms with van der Waals surface area (Å²) in [5, 5.41) is 0. The van der Waals surface area contributed by atoms with Crippen LogP contribution in [-0.4, -0.2) is 63.2 Å². The van der Waals surface area contributed by atoms with Gasteiger partial charge in [-0.15, -0.1) is 0 Å². The molecule has 0 aromatic heterocycles. The monoisotopic (exact) mass is 318 g/mol. The summed E-state index contributed by atoms with van der Waals surface area (Å²) >= 11 is 0. The van der Waals surface area contributed by atoms with Crippen molar-refractivity contribution >= 4 is 12.3 Å². The van der Waals surface area contributed by atoms with Crippen molar-refractivity contribution in [1.29, 1.82) is 0 Å². The lowest BCUT2D eigenvalue weighted by Crippen LogP contribution is -2.36. The van der Waals surface area contributed by atoms with Crippen LogP contribution in [0.5, 0.6) is 0 Å². The maximum Gasteiger partial charge on any atom is 0.508 e.